The van der Waals surface area contributed by atoms with Crippen molar-refractivity contribution in [3.8, 4) is 0 Å². The van der Waals surface area contributed by atoms with Gasteiger partial charge in [-0.25, -0.2) is 0 Å². The lowest BCUT2D eigenvalue weighted by molar-refractivity contribution is -0.115. The van der Waals surface area contributed by atoms with Crippen molar-refractivity contribution in [1.29, 1.82) is 0 Å². The average Bonchev–Trinajstić information content (AvgIpc) is 2.14. The van der Waals surface area contributed by atoms with Gasteiger partial charge >= 0.3 is 0 Å². The molecular formula is C15H26O. The van der Waals surface area contributed by atoms with Gasteiger partial charge in [0.05, 0.1) is 0 Å². The molecule has 0 spiro atoms. The van der Waals surface area contributed by atoms with E-state index in [0.717, 1.165) is 12.8 Å². The molecule has 1 rings (SSSR count). The smallest absolute Gasteiger partial charge is 0.155 e. The lowest BCUT2D eigenvalue weighted by atomic mass is 9.71. The molecule has 0 heterocycles. The van der Waals surface area contributed by atoms with Gasteiger partial charge in [-0.2, -0.15) is 0 Å². The second-order valence-corrected chi connectivity index (χ2v) is 6.70. The summed E-state index contributed by atoms with van der Waals surface area (Å²) in [5.74, 6) is 2.32. The summed E-state index contributed by atoms with van der Waals surface area (Å²) in [6.45, 7) is 11.5. The van der Waals surface area contributed by atoms with Gasteiger partial charge in [-0.15, -0.1) is 0 Å². The predicted octanol–water partition coefficient (Wildman–Crippen LogP) is 4.23. The quantitative estimate of drug-likeness (QED) is 0.698. The molecule has 0 bridgehead atoms. The molecule has 1 heteroatoms. The molecule has 0 saturated heterocycles. The Labute approximate surface area is 100 Å². The summed E-state index contributed by atoms with van der Waals surface area (Å²) in [7, 11) is 0. The maximum Gasteiger partial charge on any atom is 0.155 e. The highest BCUT2D eigenvalue weighted by atomic mass is 16.1. The van der Waals surface area contributed by atoms with E-state index in [9.17, 15) is 4.79 Å². The summed E-state index contributed by atoms with van der Waals surface area (Å²) < 4.78 is 0. The topological polar surface area (TPSA) is 17.1 Å². The second kappa shape index (κ2) is 5.16. The number of rotatable bonds is 3. The van der Waals surface area contributed by atoms with E-state index in [1.807, 2.05) is 0 Å². The molecule has 1 aliphatic carbocycles. The van der Waals surface area contributed by atoms with Crippen LogP contribution in [-0.2, 0) is 4.79 Å². The number of hydrogen-bond donors (Lipinski definition) is 0. The third-order valence-corrected chi connectivity index (χ3v) is 3.51. The lowest BCUT2D eigenvalue weighted by Crippen LogP contribution is -2.26. The molecule has 2 unspecified atom stereocenters. The Bertz CT molecular complexity index is 268. The van der Waals surface area contributed by atoms with Gasteiger partial charge in [0, 0.05) is 6.42 Å². The Morgan fingerprint density at radius 1 is 1.38 bits per heavy atom. The van der Waals surface area contributed by atoms with E-state index >= 15 is 0 Å². The fourth-order valence-corrected chi connectivity index (χ4v) is 2.66. The lowest BCUT2D eigenvalue weighted by Gasteiger charge is -2.34. The van der Waals surface area contributed by atoms with Crippen molar-refractivity contribution in [1.82, 2.24) is 0 Å². The molecule has 0 amide bonds. The number of allylic oxidation sites excluding steroid dienone is 2. The van der Waals surface area contributed by atoms with Gasteiger partial charge in [-0.05, 0) is 42.1 Å². The van der Waals surface area contributed by atoms with Crippen LogP contribution in [0.2, 0.25) is 0 Å². The molecule has 1 aliphatic rings. The predicted molar refractivity (Wildman–Crippen MR) is 69.3 cm³/mol. The van der Waals surface area contributed by atoms with Gasteiger partial charge in [0.2, 0.25) is 0 Å². The fourth-order valence-electron chi connectivity index (χ4n) is 2.66. The van der Waals surface area contributed by atoms with E-state index in [2.05, 4.69) is 40.7 Å². The third kappa shape index (κ3) is 4.11. The summed E-state index contributed by atoms with van der Waals surface area (Å²) in [6.07, 6.45) is 6.99. The molecule has 16 heavy (non-hydrogen) atoms. The van der Waals surface area contributed by atoms with Crippen molar-refractivity contribution >= 4 is 5.78 Å². The zero-order valence-electron chi connectivity index (χ0n) is 11.4. The molecule has 92 valence electrons. The average molecular weight is 222 g/mol. The molecule has 0 aromatic heterocycles. The third-order valence-electron chi connectivity index (χ3n) is 3.51. The van der Waals surface area contributed by atoms with Crippen molar-refractivity contribution in [2.45, 2.75) is 53.9 Å². The van der Waals surface area contributed by atoms with Crippen LogP contribution in [0, 0.1) is 23.2 Å². The molecule has 1 nitrogen and oxygen atoms in total. The van der Waals surface area contributed by atoms with Crippen LogP contribution in [0.15, 0.2) is 12.2 Å². The monoisotopic (exact) mass is 222 g/mol. The van der Waals surface area contributed by atoms with Gasteiger partial charge in [-0.1, -0.05) is 40.7 Å². The Hall–Kier alpha value is -0.590. The normalized spacial score (nSPS) is 23.9. The number of carbonyl (C=O) groups excluding carboxylic acids is 1. The molecule has 0 radical (unpaired) electrons. The largest absolute Gasteiger partial charge is 0.295 e. The van der Waals surface area contributed by atoms with E-state index in [0.29, 0.717) is 29.0 Å². The summed E-state index contributed by atoms with van der Waals surface area (Å²) >= 11 is 0. The molecular weight excluding hydrogens is 196 g/mol. The van der Waals surface area contributed by atoms with Crippen LogP contribution in [0.5, 0.6) is 0 Å². The van der Waals surface area contributed by atoms with Gasteiger partial charge in [0.15, 0.2) is 5.78 Å². The number of carbonyl (C=O) groups is 1. The van der Waals surface area contributed by atoms with E-state index in [1.54, 1.807) is 6.08 Å². The van der Waals surface area contributed by atoms with Crippen LogP contribution in [0.25, 0.3) is 0 Å². The highest BCUT2D eigenvalue weighted by molar-refractivity contribution is 5.90. The van der Waals surface area contributed by atoms with Crippen molar-refractivity contribution in [2.24, 2.45) is 23.2 Å². The summed E-state index contributed by atoms with van der Waals surface area (Å²) in [5.41, 5.74) is 0.379. The molecule has 0 N–H and O–H groups in total. The van der Waals surface area contributed by atoms with Crippen molar-refractivity contribution in [3.05, 3.63) is 12.2 Å². The SMILES string of the molecule is CC(C)C(CC(C)(C)C)C1C=CC(=O)CC1. The van der Waals surface area contributed by atoms with Gasteiger partial charge in [0.25, 0.3) is 0 Å². The minimum Gasteiger partial charge on any atom is -0.295 e. The molecule has 0 aromatic rings. The first-order valence-electron chi connectivity index (χ1n) is 6.50. The summed E-state index contributed by atoms with van der Waals surface area (Å²) in [4.78, 5) is 11.2. The van der Waals surface area contributed by atoms with E-state index in [1.165, 1.54) is 6.42 Å². The molecule has 0 aromatic carbocycles. The van der Waals surface area contributed by atoms with Crippen LogP contribution in [0.1, 0.15) is 53.9 Å². The Morgan fingerprint density at radius 2 is 2.00 bits per heavy atom. The first-order chi connectivity index (χ1) is 7.29. The van der Waals surface area contributed by atoms with Crippen LogP contribution >= 0.6 is 0 Å². The Kier molecular flexibility index (Phi) is 4.35. The molecule has 0 fully saturated rings. The highest BCUT2D eigenvalue weighted by Gasteiger charge is 2.28. The van der Waals surface area contributed by atoms with Crippen LogP contribution in [0.4, 0.5) is 0 Å². The van der Waals surface area contributed by atoms with Crippen molar-refractivity contribution < 1.29 is 4.79 Å². The number of hydrogen-bond acceptors (Lipinski definition) is 1. The minimum atomic E-state index is 0.300. The first-order valence-corrected chi connectivity index (χ1v) is 6.50. The summed E-state index contributed by atoms with van der Waals surface area (Å²) in [6, 6.07) is 0. The van der Waals surface area contributed by atoms with E-state index in [4.69, 9.17) is 0 Å². The van der Waals surface area contributed by atoms with Crippen molar-refractivity contribution in [3.63, 3.8) is 0 Å². The molecule has 0 saturated carbocycles. The maximum absolute atomic E-state index is 11.2. The maximum atomic E-state index is 11.2. The van der Waals surface area contributed by atoms with Gasteiger partial charge in [-0.3, -0.25) is 4.79 Å². The Balaban J connectivity index is 2.71. The van der Waals surface area contributed by atoms with Crippen molar-refractivity contribution in [2.75, 3.05) is 0 Å². The van der Waals surface area contributed by atoms with Gasteiger partial charge in [0.1, 0.15) is 0 Å². The highest BCUT2D eigenvalue weighted by Crippen LogP contribution is 2.37. The second-order valence-electron chi connectivity index (χ2n) is 6.70. The molecule has 0 aliphatic heterocycles. The summed E-state index contributed by atoms with van der Waals surface area (Å²) in [5, 5.41) is 0. The van der Waals surface area contributed by atoms with Gasteiger partial charge < -0.3 is 0 Å². The van der Waals surface area contributed by atoms with Crippen LogP contribution in [0.3, 0.4) is 0 Å². The van der Waals surface area contributed by atoms with E-state index < -0.39 is 0 Å². The number of ketones is 1. The van der Waals surface area contributed by atoms with E-state index in [-0.39, 0.29) is 0 Å². The zero-order chi connectivity index (χ0) is 12.3. The fraction of sp³-hybridized carbons (Fsp3) is 0.800. The Morgan fingerprint density at radius 3 is 2.38 bits per heavy atom. The minimum absolute atomic E-state index is 0.300. The van der Waals surface area contributed by atoms with Crippen LogP contribution < -0.4 is 0 Å². The molecule has 2 atom stereocenters. The first kappa shape index (κ1) is 13.5. The standard InChI is InChI=1S/C15H26O/c1-11(2)14(10-15(3,4)5)12-6-8-13(16)9-7-12/h6,8,11-12,14H,7,9-10H2,1-5H3. The zero-order valence-corrected chi connectivity index (χ0v) is 11.4. The van der Waals surface area contributed by atoms with Crippen LogP contribution in [-0.4, -0.2) is 5.78 Å².